The summed E-state index contributed by atoms with van der Waals surface area (Å²) in [5, 5.41) is 13.6. The Labute approximate surface area is 88.0 Å². The molecule has 0 saturated heterocycles. The van der Waals surface area contributed by atoms with Gasteiger partial charge in [-0.25, -0.2) is 4.68 Å². The minimum Gasteiger partial charge on any atom is -0.508 e. The number of phenolic OH excluding ortho intramolecular Hbond substituents is 1. The van der Waals surface area contributed by atoms with Crippen LogP contribution in [-0.4, -0.2) is 14.9 Å². The van der Waals surface area contributed by atoms with E-state index < -0.39 is 0 Å². The number of benzene rings is 1. The lowest BCUT2D eigenvalue weighted by atomic mass is 10.2. The standard InChI is InChI=1S/C11H13N3O/c1-7-5-8(2)14(13-7)11-4-3-9(15)6-10(11)12/h3-6,15H,12H2,1-2H3. The summed E-state index contributed by atoms with van der Waals surface area (Å²) >= 11 is 0. The predicted octanol–water partition coefficient (Wildman–Crippen LogP) is 1.78. The number of hydrogen-bond donors (Lipinski definition) is 2. The van der Waals surface area contributed by atoms with E-state index in [2.05, 4.69) is 5.10 Å². The largest absolute Gasteiger partial charge is 0.508 e. The molecule has 4 heteroatoms. The molecule has 2 aromatic rings. The van der Waals surface area contributed by atoms with Gasteiger partial charge in [-0.1, -0.05) is 0 Å². The third kappa shape index (κ3) is 1.66. The summed E-state index contributed by atoms with van der Waals surface area (Å²) in [5.41, 5.74) is 9.08. The normalized spacial score (nSPS) is 10.5. The summed E-state index contributed by atoms with van der Waals surface area (Å²) in [6, 6.07) is 6.85. The average Bonchev–Trinajstić information content (AvgIpc) is 2.45. The Morgan fingerprint density at radius 1 is 1.27 bits per heavy atom. The topological polar surface area (TPSA) is 64.1 Å². The molecule has 0 bridgehead atoms. The quantitative estimate of drug-likeness (QED) is 0.694. The van der Waals surface area contributed by atoms with Crippen LogP contribution in [0.2, 0.25) is 0 Å². The lowest BCUT2D eigenvalue weighted by molar-refractivity contribution is 0.475. The van der Waals surface area contributed by atoms with Gasteiger partial charge in [0, 0.05) is 11.8 Å². The first-order valence-electron chi connectivity index (χ1n) is 4.70. The third-order valence-corrected chi connectivity index (χ3v) is 2.25. The molecule has 3 N–H and O–H groups in total. The zero-order chi connectivity index (χ0) is 11.0. The second kappa shape index (κ2) is 3.31. The molecule has 0 unspecified atom stereocenters. The van der Waals surface area contributed by atoms with Crippen molar-refractivity contribution in [2.75, 3.05) is 5.73 Å². The zero-order valence-electron chi connectivity index (χ0n) is 8.73. The van der Waals surface area contributed by atoms with Crippen molar-refractivity contribution in [2.24, 2.45) is 0 Å². The summed E-state index contributed by atoms with van der Waals surface area (Å²) in [7, 11) is 0. The minimum absolute atomic E-state index is 0.165. The number of aromatic hydroxyl groups is 1. The lowest BCUT2D eigenvalue weighted by Gasteiger charge is -2.07. The molecule has 2 rings (SSSR count). The number of nitrogens with zero attached hydrogens (tertiary/aromatic N) is 2. The molecule has 4 nitrogen and oxygen atoms in total. The van der Waals surface area contributed by atoms with Gasteiger partial charge >= 0.3 is 0 Å². The molecule has 0 aliphatic rings. The molecular weight excluding hydrogens is 190 g/mol. The number of aryl methyl sites for hydroxylation is 2. The molecule has 0 spiro atoms. The van der Waals surface area contributed by atoms with Crippen molar-refractivity contribution >= 4 is 5.69 Å². The highest BCUT2D eigenvalue weighted by molar-refractivity contribution is 5.60. The van der Waals surface area contributed by atoms with Gasteiger partial charge in [0.1, 0.15) is 5.75 Å². The van der Waals surface area contributed by atoms with Gasteiger partial charge < -0.3 is 10.8 Å². The van der Waals surface area contributed by atoms with Crippen molar-refractivity contribution in [2.45, 2.75) is 13.8 Å². The highest BCUT2D eigenvalue weighted by Crippen LogP contribution is 2.23. The van der Waals surface area contributed by atoms with Crippen molar-refractivity contribution < 1.29 is 5.11 Å². The van der Waals surface area contributed by atoms with Crippen LogP contribution in [-0.2, 0) is 0 Å². The van der Waals surface area contributed by atoms with Crippen LogP contribution >= 0.6 is 0 Å². The van der Waals surface area contributed by atoms with E-state index in [0.29, 0.717) is 5.69 Å². The molecular formula is C11H13N3O. The van der Waals surface area contributed by atoms with Crippen LogP contribution in [0.5, 0.6) is 5.75 Å². The summed E-state index contributed by atoms with van der Waals surface area (Å²) < 4.78 is 1.77. The van der Waals surface area contributed by atoms with Crippen molar-refractivity contribution in [1.82, 2.24) is 9.78 Å². The number of nitrogen functional groups attached to an aromatic ring is 1. The fourth-order valence-corrected chi connectivity index (χ4v) is 1.61. The van der Waals surface area contributed by atoms with Gasteiger partial charge in [-0.2, -0.15) is 5.10 Å². The molecule has 0 radical (unpaired) electrons. The zero-order valence-corrected chi connectivity index (χ0v) is 8.73. The third-order valence-electron chi connectivity index (χ3n) is 2.25. The van der Waals surface area contributed by atoms with E-state index in [1.807, 2.05) is 19.9 Å². The molecule has 0 amide bonds. The highest BCUT2D eigenvalue weighted by atomic mass is 16.3. The monoisotopic (exact) mass is 203 g/mol. The molecule has 15 heavy (non-hydrogen) atoms. The number of anilines is 1. The van der Waals surface area contributed by atoms with Gasteiger partial charge in [0.05, 0.1) is 17.1 Å². The molecule has 0 fully saturated rings. The summed E-state index contributed by atoms with van der Waals surface area (Å²) in [6.07, 6.45) is 0. The van der Waals surface area contributed by atoms with E-state index in [0.717, 1.165) is 17.1 Å². The van der Waals surface area contributed by atoms with Crippen LogP contribution in [0.3, 0.4) is 0 Å². The smallest absolute Gasteiger partial charge is 0.117 e. The minimum atomic E-state index is 0.165. The molecule has 0 atom stereocenters. The van der Waals surface area contributed by atoms with Crippen molar-refractivity contribution in [3.63, 3.8) is 0 Å². The van der Waals surface area contributed by atoms with E-state index in [-0.39, 0.29) is 5.75 Å². The van der Waals surface area contributed by atoms with Crippen LogP contribution in [0.25, 0.3) is 5.69 Å². The molecule has 78 valence electrons. The average molecular weight is 203 g/mol. The maximum absolute atomic E-state index is 9.25. The van der Waals surface area contributed by atoms with E-state index in [9.17, 15) is 5.11 Å². The van der Waals surface area contributed by atoms with Crippen molar-refractivity contribution in [3.8, 4) is 11.4 Å². The van der Waals surface area contributed by atoms with Crippen LogP contribution < -0.4 is 5.73 Å². The lowest BCUT2D eigenvalue weighted by Crippen LogP contribution is -2.02. The Hall–Kier alpha value is -1.97. The number of rotatable bonds is 1. The summed E-state index contributed by atoms with van der Waals surface area (Å²) in [6.45, 7) is 3.90. The van der Waals surface area contributed by atoms with Gasteiger partial charge in [-0.15, -0.1) is 0 Å². The first-order valence-corrected chi connectivity index (χ1v) is 4.70. The predicted molar refractivity (Wildman–Crippen MR) is 59.1 cm³/mol. The van der Waals surface area contributed by atoms with Crippen LogP contribution in [0.15, 0.2) is 24.3 Å². The molecule has 0 aliphatic heterocycles. The second-order valence-electron chi connectivity index (χ2n) is 3.58. The number of aromatic nitrogens is 2. The van der Waals surface area contributed by atoms with E-state index in [4.69, 9.17) is 5.73 Å². The van der Waals surface area contributed by atoms with Crippen LogP contribution in [0.1, 0.15) is 11.4 Å². The van der Waals surface area contributed by atoms with E-state index >= 15 is 0 Å². The van der Waals surface area contributed by atoms with Gasteiger partial charge in [0.2, 0.25) is 0 Å². The Kier molecular flexibility index (Phi) is 2.11. The maximum Gasteiger partial charge on any atom is 0.117 e. The Morgan fingerprint density at radius 2 is 2.00 bits per heavy atom. The van der Waals surface area contributed by atoms with Gasteiger partial charge in [0.15, 0.2) is 0 Å². The van der Waals surface area contributed by atoms with Crippen LogP contribution in [0, 0.1) is 13.8 Å². The highest BCUT2D eigenvalue weighted by Gasteiger charge is 2.07. The Morgan fingerprint density at radius 3 is 2.53 bits per heavy atom. The molecule has 1 aromatic carbocycles. The van der Waals surface area contributed by atoms with Gasteiger partial charge in [0.25, 0.3) is 0 Å². The molecule has 1 aromatic heterocycles. The van der Waals surface area contributed by atoms with Crippen LogP contribution in [0.4, 0.5) is 5.69 Å². The van der Waals surface area contributed by atoms with E-state index in [1.165, 1.54) is 6.07 Å². The Bertz CT molecular complexity index is 503. The maximum atomic E-state index is 9.25. The molecule has 0 aliphatic carbocycles. The fraction of sp³-hybridized carbons (Fsp3) is 0.182. The van der Waals surface area contributed by atoms with Crippen molar-refractivity contribution in [1.29, 1.82) is 0 Å². The number of hydrogen-bond acceptors (Lipinski definition) is 3. The van der Waals surface area contributed by atoms with Gasteiger partial charge in [-0.05, 0) is 32.0 Å². The second-order valence-corrected chi connectivity index (χ2v) is 3.58. The van der Waals surface area contributed by atoms with Gasteiger partial charge in [-0.3, -0.25) is 0 Å². The first kappa shape index (κ1) is 9.58. The first-order chi connectivity index (χ1) is 7.08. The molecule has 0 saturated carbocycles. The number of nitrogens with two attached hydrogens (primary N) is 1. The Balaban J connectivity index is 2.59. The summed E-state index contributed by atoms with van der Waals surface area (Å²) in [5.74, 6) is 0.165. The fourth-order valence-electron chi connectivity index (χ4n) is 1.61. The number of phenols is 1. The summed E-state index contributed by atoms with van der Waals surface area (Å²) in [4.78, 5) is 0. The van der Waals surface area contributed by atoms with Crippen molar-refractivity contribution in [3.05, 3.63) is 35.7 Å². The molecule has 1 heterocycles. The van der Waals surface area contributed by atoms with E-state index in [1.54, 1.807) is 16.8 Å². The SMILES string of the molecule is Cc1cc(C)n(-c2ccc(O)cc2N)n1.